The van der Waals surface area contributed by atoms with E-state index >= 15 is 0 Å². The van der Waals surface area contributed by atoms with E-state index < -0.39 is 0 Å². The van der Waals surface area contributed by atoms with E-state index in [1.807, 2.05) is 35.2 Å². The van der Waals surface area contributed by atoms with Crippen LogP contribution in [0.1, 0.15) is 34.8 Å². The first-order chi connectivity index (χ1) is 12.1. The number of amides is 2. The highest BCUT2D eigenvalue weighted by Gasteiger charge is 2.29. The molecule has 1 saturated heterocycles. The molecule has 0 spiro atoms. The van der Waals surface area contributed by atoms with E-state index in [0.29, 0.717) is 17.1 Å². The number of rotatable bonds is 4. The molecule has 1 N–H and O–H groups in total. The van der Waals surface area contributed by atoms with Gasteiger partial charge in [-0.3, -0.25) is 9.59 Å². The summed E-state index contributed by atoms with van der Waals surface area (Å²) in [5.74, 6) is -0.477. The number of carbonyl (C=O) groups is 2. The minimum atomic E-state index is -0.384. The first kappa shape index (κ1) is 17.8. The van der Waals surface area contributed by atoms with Crippen molar-refractivity contribution >= 4 is 35.0 Å². The van der Waals surface area contributed by atoms with Gasteiger partial charge in [0.05, 0.1) is 23.2 Å². The molecule has 1 heterocycles. The molecule has 2 amide bonds. The quantitative estimate of drug-likeness (QED) is 0.873. The summed E-state index contributed by atoms with van der Waals surface area (Å²) in [7, 11) is 0. The van der Waals surface area contributed by atoms with E-state index in [0.717, 1.165) is 18.4 Å². The number of likely N-dealkylation sites (tertiary alicyclic amines) is 1. The van der Waals surface area contributed by atoms with Gasteiger partial charge in [-0.25, -0.2) is 0 Å². The van der Waals surface area contributed by atoms with E-state index in [4.69, 9.17) is 23.2 Å². The standard InChI is InChI=1S/C19H18Cl2N2O2/c20-14-8-9-15(16(21)11-14)19(25)22-12-18(24)23-10-4-7-17(23)13-5-2-1-3-6-13/h1-3,5-6,8-9,11,17H,4,7,10,12H2,(H,22,25)/t17-/m0/s1. The van der Waals surface area contributed by atoms with Crippen molar-refractivity contribution in [3.8, 4) is 0 Å². The average Bonchev–Trinajstić information content (AvgIpc) is 3.10. The van der Waals surface area contributed by atoms with Crippen LogP contribution in [0.5, 0.6) is 0 Å². The van der Waals surface area contributed by atoms with E-state index in [-0.39, 0.29) is 29.4 Å². The zero-order valence-corrected chi connectivity index (χ0v) is 15.1. The summed E-state index contributed by atoms with van der Waals surface area (Å²) < 4.78 is 0. The predicted molar refractivity (Wildman–Crippen MR) is 98.9 cm³/mol. The second-order valence-corrected chi connectivity index (χ2v) is 6.81. The molecule has 0 saturated carbocycles. The third kappa shape index (κ3) is 4.14. The van der Waals surface area contributed by atoms with Gasteiger partial charge in [0.2, 0.25) is 5.91 Å². The van der Waals surface area contributed by atoms with E-state index in [2.05, 4.69) is 5.32 Å². The average molecular weight is 377 g/mol. The van der Waals surface area contributed by atoms with Gasteiger partial charge in [-0.2, -0.15) is 0 Å². The van der Waals surface area contributed by atoms with Gasteiger partial charge in [-0.15, -0.1) is 0 Å². The summed E-state index contributed by atoms with van der Waals surface area (Å²) in [6.07, 6.45) is 1.90. The molecule has 0 radical (unpaired) electrons. The van der Waals surface area contributed by atoms with Crippen LogP contribution in [-0.2, 0) is 4.79 Å². The van der Waals surface area contributed by atoms with Crippen LogP contribution in [0.4, 0.5) is 0 Å². The van der Waals surface area contributed by atoms with Crippen LogP contribution in [-0.4, -0.2) is 29.8 Å². The lowest BCUT2D eigenvalue weighted by atomic mass is 10.0. The fourth-order valence-electron chi connectivity index (χ4n) is 3.11. The Hall–Kier alpha value is -2.04. The van der Waals surface area contributed by atoms with Gasteiger partial charge in [0, 0.05) is 11.6 Å². The van der Waals surface area contributed by atoms with Crippen LogP contribution in [0.3, 0.4) is 0 Å². The Morgan fingerprint density at radius 2 is 1.88 bits per heavy atom. The van der Waals surface area contributed by atoms with Crippen molar-refractivity contribution in [3.63, 3.8) is 0 Å². The van der Waals surface area contributed by atoms with Gasteiger partial charge in [0.1, 0.15) is 0 Å². The number of nitrogens with one attached hydrogen (secondary N) is 1. The molecule has 6 heteroatoms. The van der Waals surface area contributed by atoms with Gasteiger partial charge in [0.25, 0.3) is 5.91 Å². The summed E-state index contributed by atoms with van der Waals surface area (Å²) in [6, 6.07) is 14.7. The molecule has 0 bridgehead atoms. The Bertz CT molecular complexity index is 780. The van der Waals surface area contributed by atoms with Crippen LogP contribution in [0.2, 0.25) is 10.0 Å². The molecule has 25 heavy (non-hydrogen) atoms. The minimum absolute atomic E-state index is 0.0544. The van der Waals surface area contributed by atoms with Crippen molar-refractivity contribution in [2.75, 3.05) is 13.1 Å². The predicted octanol–water partition coefficient (Wildman–Crippen LogP) is 4.09. The van der Waals surface area contributed by atoms with Crippen LogP contribution >= 0.6 is 23.2 Å². The molecule has 3 rings (SSSR count). The number of benzene rings is 2. The zero-order valence-electron chi connectivity index (χ0n) is 13.5. The molecule has 1 aliphatic heterocycles. The Morgan fingerprint density at radius 3 is 2.60 bits per heavy atom. The van der Waals surface area contributed by atoms with Crippen LogP contribution in [0.15, 0.2) is 48.5 Å². The monoisotopic (exact) mass is 376 g/mol. The van der Waals surface area contributed by atoms with Crippen LogP contribution in [0.25, 0.3) is 0 Å². The van der Waals surface area contributed by atoms with Gasteiger partial charge in [0.15, 0.2) is 0 Å². The summed E-state index contributed by atoms with van der Waals surface area (Å²) in [5, 5.41) is 3.37. The fraction of sp³-hybridized carbons (Fsp3) is 0.263. The maximum Gasteiger partial charge on any atom is 0.253 e. The molecule has 130 valence electrons. The largest absolute Gasteiger partial charge is 0.343 e. The highest BCUT2D eigenvalue weighted by molar-refractivity contribution is 6.36. The van der Waals surface area contributed by atoms with Crippen LogP contribution in [0, 0.1) is 0 Å². The third-order valence-electron chi connectivity index (χ3n) is 4.33. The summed E-state index contributed by atoms with van der Waals surface area (Å²) in [6.45, 7) is 0.650. The number of carbonyl (C=O) groups excluding carboxylic acids is 2. The lowest BCUT2D eigenvalue weighted by molar-refractivity contribution is -0.131. The second kappa shape index (κ2) is 7.89. The number of nitrogens with zero attached hydrogens (tertiary/aromatic N) is 1. The maximum absolute atomic E-state index is 12.6. The summed E-state index contributed by atoms with van der Waals surface area (Å²) >= 11 is 11.9. The van der Waals surface area contributed by atoms with Gasteiger partial charge in [-0.1, -0.05) is 53.5 Å². The van der Waals surface area contributed by atoms with Crippen molar-refractivity contribution in [2.45, 2.75) is 18.9 Å². The Balaban J connectivity index is 1.63. The van der Waals surface area contributed by atoms with E-state index in [1.165, 1.54) is 6.07 Å². The normalized spacial score (nSPS) is 16.7. The Morgan fingerprint density at radius 1 is 1.12 bits per heavy atom. The number of hydrogen-bond donors (Lipinski definition) is 1. The molecule has 2 aromatic carbocycles. The highest BCUT2D eigenvalue weighted by Crippen LogP contribution is 2.31. The molecule has 2 aromatic rings. The molecular weight excluding hydrogens is 359 g/mol. The first-order valence-electron chi connectivity index (χ1n) is 8.14. The van der Waals surface area contributed by atoms with Crippen molar-refractivity contribution in [3.05, 3.63) is 69.7 Å². The number of hydrogen-bond acceptors (Lipinski definition) is 2. The van der Waals surface area contributed by atoms with Crippen molar-refractivity contribution in [1.29, 1.82) is 0 Å². The van der Waals surface area contributed by atoms with Gasteiger partial charge >= 0.3 is 0 Å². The van der Waals surface area contributed by atoms with Crippen molar-refractivity contribution in [1.82, 2.24) is 10.2 Å². The zero-order chi connectivity index (χ0) is 17.8. The van der Waals surface area contributed by atoms with Gasteiger partial charge < -0.3 is 10.2 Å². The van der Waals surface area contributed by atoms with E-state index in [1.54, 1.807) is 12.1 Å². The molecular formula is C19H18Cl2N2O2. The lowest BCUT2D eigenvalue weighted by Gasteiger charge is -2.25. The summed E-state index contributed by atoms with van der Waals surface area (Å²) in [4.78, 5) is 26.6. The van der Waals surface area contributed by atoms with E-state index in [9.17, 15) is 9.59 Å². The minimum Gasteiger partial charge on any atom is -0.343 e. The Labute approximate surface area is 156 Å². The van der Waals surface area contributed by atoms with Crippen molar-refractivity contribution in [2.24, 2.45) is 0 Å². The maximum atomic E-state index is 12.6. The van der Waals surface area contributed by atoms with Crippen LogP contribution < -0.4 is 5.32 Å². The highest BCUT2D eigenvalue weighted by atomic mass is 35.5. The first-order valence-corrected chi connectivity index (χ1v) is 8.89. The third-order valence-corrected chi connectivity index (χ3v) is 4.88. The van der Waals surface area contributed by atoms with Crippen molar-refractivity contribution < 1.29 is 9.59 Å². The molecule has 0 aromatic heterocycles. The topological polar surface area (TPSA) is 49.4 Å². The molecule has 1 atom stereocenters. The lowest BCUT2D eigenvalue weighted by Crippen LogP contribution is -2.39. The Kier molecular flexibility index (Phi) is 5.61. The molecule has 1 fully saturated rings. The SMILES string of the molecule is O=C(NCC(=O)N1CCC[C@H]1c1ccccc1)c1ccc(Cl)cc1Cl. The molecule has 0 unspecified atom stereocenters. The molecule has 4 nitrogen and oxygen atoms in total. The smallest absolute Gasteiger partial charge is 0.253 e. The fourth-order valence-corrected chi connectivity index (χ4v) is 3.61. The molecule has 1 aliphatic rings. The second-order valence-electron chi connectivity index (χ2n) is 5.96. The number of halogens is 2. The van der Waals surface area contributed by atoms with Gasteiger partial charge in [-0.05, 0) is 36.6 Å². The summed E-state index contributed by atoms with van der Waals surface area (Å²) in [5.41, 5.74) is 1.43. The molecule has 0 aliphatic carbocycles.